The highest BCUT2D eigenvalue weighted by Gasteiger charge is 2.27. The van der Waals surface area contributed by atoms with Crippen molar-refractivity contribution >= 4 is 5.78 Å². The lowest BCUT2D eigenvalue weighted by Gasteiger charge is -2.17. The third-order valence-electron chi connectivity index (χ3n) is 4.02. The van der Waals surface area contributed by atoms with E-state index in [2.05, 4.69) is 4.90 Å². The van der Waals surface area contributed by atoms with Crippen molar-refractivity contribution < 1.29 is 14.6 Å². The molecule has 2 rings (SSSR count). The van der Waals surface area contributed by atoms with Crippen LogP contribution in [0.3, 0.4) is 0 Å². The summed E-state index contributed by atoms with van der Waals surface area (Å²) in [5.74, 6) is 0.997. The van der Waals surface area contributed by atoms with Gasteiger partial charge in [-0.05, 0) is 50.4 Å². The topological polar surface area (TPSA) is 49.8 Å². The van der Waals surface area contributed by atoms with Crippen molar-refractivity contribution in [3.05, 3.63) is 29.3 Å². The summed E-state index contributed by atoms with van der Waals surface area (Å²) < 4.78 is 5.29. The molecule has 1 N–H and O–H groups in total. The summed E-state index contributed by atoms with van der Waals surface area (Å²) in [4.78, 5) is 14.5. The van der Waals surface area contributed by atoms with E-state index in [0.717, 1.165) is 25.1 Å². The van der Waals surface area contributed by atoms with Gasteiger partial charge in [0.2, 0.25) is 0 Å². The van der Waals surface area contributed by atoms with E-state index in [1.807, 2.05) is 32.0 Å². The second-order valence-corrected chi connectivity index (χ2v) is 5.65. The van der Waals surface area contributed by atoms with E-state index >= 15 is 0 Å². The number of Topliss-reactive ketones (excluding diaryl/α,β-unsaturated/α-hetero) is 1. The number of hydrogen-bond acceptors (Lipinski definition) is 4. The van der Waals surface area contributed by atoms with E-state index < -0.39 is 0 Å². The van der Waals surface area contributed by atoms with Crippen LogP contribution in [0.5, 0.6) is 5.75 Å². The summed E-state index contributed by atoms with van der Waals surface area (Å²) in [5, 5.41) is 9.60. The number of carbonyl (C=O) groups excluding carboxylic acids is 1. The van der Waals surface area contributed by atoms with Crippen molar-refractivity contribution in [1.82, 2.24) is 4.90 Å². The van der Waals surface area contributed by atoms with Crippen LogP contribution in [0.1, 0.15) is 29.3 Å². The first kappa shape index (κ1) is 15.0. The van der Waals surface area contributed by atoms with Crippen LogP contribution in [-0.4, -0.2) is 48.6 Å². The Balaban J connectivity index is 2.02. The molecular weight excluding hydrogens is 254 g/mol. The molecule has 2 atom stereocenters. The highest BCUT2D eigenvalue weighted by molar-refractivity contribution is 6.00. The third-order valence-corrected chi connectivity index (χ3v) is 4.02. The molecule has 110 valence electrons. The number of ketones is 1. The van der Waals surface area contributed by atoms with E-state index in [9.17, 15) is 9.90 Å². The van der Waals surface area contributed by atoms with E-state index in [4.69, 9.17) is 4.74 Å². The molecule has 1 aromatic rings. The number of carbonyl (C=O) groups is 1. The van der Waals surface area contributed by atoms with Crippen LogP contribution < -0.4 is 4.74 Å². The van der Waals surface area contributed by atoms with Gasteiger partial charge in [-0.3, -0.25) is 9.69 Å². The minimum atomic E-state index is -0.302. The monoisotopic (exact) mass is 277 g/mol. The van der Waals surface area contributed by atoms with Crippen LogP contribution in [0.2, 0.25) is 0 Å². The Kier molecular flexibility index (Phi) is 4.78. The Labute approximate surface area is 120 Å². The van der Waals surface area contributed by atoms with Crippen LogP contribution in [0.4, 0.5) is 0 Å². The third kappa shape index (κ3) is 3.38. The summed E-state index contributed by atoms with van der Waals surface area (Å²) in [6.07, 6.45) is 0.653. The van der Waals surface area contributed by atoms with E-state index in [1.54, 1.807) is 7.11 Å². The molecular formula is C16H23NO3. The standard InChI is InChI=1S/C16H23NO3/c1-11-4-5-14(16(8-11)20-3)15(19)10-17-7-6-13(9-17)12(2)18/h4-5,8,12-13,18H,6-7,9-10H2,1-3H3. The molecule has 1 aliphatic rings. The first-order chi connectivity index (χ1) is 9.51. The zero-order valence-electron chi connectivity index (χ0n) is 12.4. The maximum atomic E-state index is 12.4. The number of methoxy groups -OCH3 is 1. The predicted octanol–water partition coefficient (Wildman–Crippen LogP) is 1.89. The summed E-state index contributed by atoms with van der Waals surface area (Å²) in [6.45, 7) is 5.85. The van der Waals surface area contributed by atoms with Crippen LogP contribution in [0, 0.1) is 12.8 Å². The maximum absolute atomic E-state index is 12.4. The number of aliphatic hydroxyl groups is 1. The molecule has 1 fully saturated rings. The quantitative estimate of drug-likeness (QED) is 0.835. The Hall–Kier alpha value is -1.39. The number of aryl methyl sites for hydroxylation is 1. The van der Waals surface area contributed by atoms with Gasteiger partial charge in [-0.2, -0.15) is 0 Å². The highest BCUT2D eigenvalue weighted by atomic mass is 16.5. The van der Waals surface area contributed by atoms with Crippen molar-refractivity contribution in [2.24, 2.45) is 5.92 Å². The molecule has 1 aliphatic heterocycles. The number of aliphatic hydroxyl groups excluding tert-OH is 1. The second kappa shape index (κ2) is 6.37. The average molecular weight is 277 g/mol. The van der Waals surface area contributed by atoms with Gasteiger partial charge in [0.25, 0.3) is 0 Å². The van der Waals surface area contributed by atoms with Crippen LogP contribution in [-0.2, 0) is 0 Å². The molecule has 1 heterocycles. The number of hydrogen-bond donors (Lipinski definition) is 1. The molecule has 0 radical (unpaired) electrons. The fraction of sp³-hybridized carbons (Fsp3) is 0.562. The summed E-state index contributed by atoms with van der Waals surface area (Å²) in [6, 6.07) is 5.65. The zero-order chi connectivity index (χ0) is 14.7. The fourth-order valence-corrected chi connectivity index (χ4v) is 2.72. The van der Waals surface area contributed by atoms with Gasteiger partial charge in [-0.15, -0.1) is 0 Å². The Morgan fingerprint density at radius 1 is 1.55 bits per heavy atom. The van der Waals surface area contributed by atoms with Crippen molar-refractivity contribution in [1.29, 1.82) is 0 Å². The number of likely N-dealkylation sites (tertiary alicyclic amines) is 1. The van der Waals surface area contributed by atoms with Crippen LogP contribution >= 0.6 is 0 Å². The van der Waals surface area contributed by atoms with Gasteiger partial charge in [0.15, 0.2) is 5.78 Å². The molecule has 4 nitrogen and oxygen atoms in total. The van der Waals surface area contributed by atoms with E-state index in [-0.39, 0.29) is 17.8 Å². The Morgan fingerprint density at radius 3 is 2.90 bits per heavy atom. The zero-order valence-corrected chi connectivity index (χ0v) is 12.4. The minimum absolute atomic E-state index is 0.0769. The highest BCUT2D eigenvalue weighted by Crippen LogP contribution is 2.23. The second-order valence-electron chi connectivity index (χ2n) is 5.65. The number of rotatable bonds is 5. The molecule has 0 aromatic heterocycles. The number of benzene rings is 1. The molecule has 0 aliphatic carbocycles. The van der Waals surface area contributed by atoms with Gasteiger partial charge in [-0.25, -0.2) is 0 Å². The average Bonchev–Trinajstić information content (AvgIpc) is 2.87. The van der Waals surface area contributed by atoms with Gasteiger partial charge >= 0.3 is 0 Å². The summed E-state index contributed by atoms with van der Waals surface area (Å²) >= 11 is 0. The Bertz CT molecular complexity index is 485. The number of ether oxygens (including phenoxy) is 1. The largest absolute Gasteiger partial charge is 0.496 e. The molecule has 4 heteroatoms. The molecule has 0 spiro atoms. The molecule has 1 saturated heterocycles. The lowest BCUT2D eigenvalue weighted by atomic mass is 10.0. The van der Waals surface area contributed by atoms with Gasteiger partial charge in [0.1, 0.15) is 5.75 Å². The van der Waals surface area contributed by atoms with E-state index in [1.165, 1.54) is 0 Å². The van der Waals surface area contributed by atoms with Crippen molar-refractivity contribution in [2.75, 3.05) is 26.7 Å². The fourth-order valence-electron chi connectivity index (χ4n) is 2.72. The number of nitrogens with zero attached hydrogens (tertiary/aromatic N) is 1. The molecule has 20 heavy (non-hydrogen) atoms. The first-order valence-electron chi connectivity index (χ1n) is 7.09. The lowest BCUT2D eigenvalue weighted by Crippen LogP contribution is -2.29. The van der Waals surface area contributed by atoms with Gasteiger partial charge in [-0.1, -0.05) is 6.07 Å². The van der Waals surface area contributed by atoms with Gasteiger partial charge in [0.05, 0.1) is 25.3 Å². The SMILES string of the molecule is COc1cc(C)ccc1C(=O)CN1CCC(C(C)O)C1. The van der Waals surface area contributed by atoms with Crippen LogP contribution in [0.25, 0.3) is 0 Å². The smallest absolute Gasteiger partial charge is 0.180 e. The summed E-state index contributed by atoms with van der Waals surface area (Å²) in [7, 11) is 1.59. The first-order valence-corrected chi connectivity index (χ1v) is 7.09. The molecule has 1 aromatic carbocycles. The molecule has 0 bridgehead atoms. The Morgan fingerprint density at radius 2 is 2.30 bits per heavy atom. The van der Waals surface area contributed by atoms with Crippen LogP contribution in [0.15, 0.2) is 18.2 Å². The van der Waals surface area contributed by atoms with Crippen molar-refractivity contribution in [2.45, 2.75) is 26.4 Å². The van der Waals surface area contributed by atoms with E-state index in [0.29, 0.717) is 17.9 Å². The van der Waals surface area contributed by atoms with Gasteiger partial charge in [0, 0.05) is 6.54 Å². The maximum Gasteiger partial charge on any atom is 0.180 e. The molecule has 0 saturated carbocycles. The normalized spacial score (nSPS) is 20.9. The summed E-state index contributed by atoms with van der Waals surface area (Å²) in [5.41, 5.74) is 1.72. The van der Waals surface area contributed by atoms with Gasteiger partial charge < -0.3 is 9.84 Å². The minimum Gasteiger partial charge on any atom is -0.496 e. The predicted molar refractivity (Wildman–Crippen MR) is 78.3 cm³/mol. The van der Waals surface area contributed by atoms with Crippen molar-refractivity contribution in [3.8, 4) is 5.75 Å². The lowest BCUT2D eigenvalue weighted by molar-refractivity contribution is 0.0922. The molecule has 0 amide bonds. The molecule has 2 unspecified atom stereocenters. The van der Waals surface area contributed by atoms with Crippen molar-refractivity contribution in [3.63, 3.8) is 0 Å².